The maximum Gasteiger partial charge on any atom is 0.181 e. The maximum absolute atomic E-state index is 5.62. The van der Waals surface area contributed by atoms with Crippen LogP contribution in [0.5, 0.6) is 0 Å². The lowest BCUT2D eigenvalue weighted by atomic mass is 10.6. The highest BCUT2D eigenvalue weighted by Gasteiger charge is 2.03. The predicted molar refractivity (Wildman–Crippen MR) is 66.9 cm³/mol. The summed E-state index contributed by atoms with van der Waals surface area (Å²) < 4.78 is 0. The van der Waals surface area contributed by atoms with E-state index in [1.165, 1.54) is 0 Å². The van der Waals surface area contributed by atoms with Crippen molar-refractivity contribution in [1.82, 2.24) is 15.8 Å². The van der Waals surface area contributed by atoms with E-state index in [-0.39, 0.29) is 0 Å². The van der Waals surface area contributed by atoms with Gasteiger partial charge in [0.15, 0.2) is 5.11 Å². The lowest BCUT2D eigenvalue weighted by molar-refractivity contribution is 0.265. The zero-order chi connectivity index (χ0) is 10.8. The predicted octanol–water partition coefficient (Wildman–Crippen LogP) is 1.33. The molecule has 0 aliphatic rings. The quantitative estimate of drug-likeness (QED) is 0.311. The highest BCUT2D eigenvalue weighted by atomic mass is 35.5. The Morgan fingerprint density at radius 2 is 1.93 bits per heavy atom. The van der Waals surface area contributed by atoms with E-state index in [1.54, 1.807) is 6.08 Å². The molecule has 0 atom stereocenters. The molecule has 2 N–H and O–H groups in total. The fourth-order valence-electron chi connectivity index (χ4n) is 0.776. The maximum atomic E-state index is 5.62. The van der Waals surface area contributed by atoms with Gasteiger partial charge in [-0.05, 0) is 12.2 Å². The van der Waals surface area contributed by atoms with E-state index in [2.05, 4.69) is 17.3 Å². The SMILES string of the molecule is C=CCNC(=S)NN(CCCl)CCCl. The van der Waals surface area contributed by atoms with Crippen molar-refractivity contribution in [3.63, 3.8) is 0 Å². The molecule has 0 aromatic carbocycles. The Morgan fingerprint density at radius 1 is 1.36 bits per heavy atom. The third kappa shape index (κ3) is 7.38. The third-order valence-electron chi connectivity index (χ3n) is 1.38. The second-order valence-electron chi connectivity index (χ2n) is 2.48. The van der Waals surface area contributed by atoms with Crippen LogP contribution in [0.25, 0.3) is 0 Å². The summed E-state index contributed by atoms with van der Waals surface area (Å²) in [5.41, 5.74) is 2.99. The Kier molecular flexibility index (Phi) is 9.50. The summed E-state index contributed by atoms with van der Waals surface area (Å²) in [7, 11) is 0. The van der Waals surface area contributed by atoms with Crippen molar-refractivity contribution >= 4 is 40.5 Å². The number of alkyl halides is 2. The first kappa shape index (κ1) is 14.0. The van der Waals surface area contributed by atoms with Gasteiger partial charge in [0.25, 0.3) is 0 Å². The minimum absolute atomic E-state index is 0.536. The molecule has 0 aromatic rings. The van der Waals surface area contributed by atoms with Crippen LogP contribution in [-0.2, 0) is 0 Å². The van der Waals surface area contributed by atoms with Crippen molar-refractivity contribution in [2.24, 2.45) is 0 Å². The van der Waals surface area contributed by atoms with Crippen LogP contribution in [0.15, 0.2) is 12.7 Å². The normalized spacial score (nSPS) is 9.93. The Balaban J connectivity index is 3.76. The number of hydrazine groups is 1. The van der Waals surface area contributed by atoms with E-state index in [0.29, 0.717) is 36.5 Å². The molecule has 0 fully saturated rings. The van der Waals surface area contributed by atoms with Crippen LogP contribution in [0.3, 0.4) is 0 Å². The molecule has 0 spiro atoms. The summed E-state index contributed by atoms with van der Waals surface area (Å²) in [6.45, 7) is 5.62. The molecule has 0 saturated carbocycles. The summed E-state index contributed by atoms with van der Waals surface area (Å²) >= 11 is 16.3. The van der Waals surface area contributed by atoms with Gasteiger partial charge >= 0.3 is 0 Å². The molecule has 0 bridgehead atoms. The molecule has 6 heteroatoms. The van der Waals surface area contributed by atoms with Crippen molar-refractivity contribution in [3.05, 3.63) is 12.7 Å². The molecule has 14 heavy (non-hydrogen) atoms. The van der Waals surface area contributed by atoms with Gasteiger partial charge in [-0.1, -0.05) is 6.08 Å². The van der Waals surface area contributed by atoms with Gasteiger partial charge in [0.2, 0.25) is 0 Å². The highest BCUT2D eigenvalue weighted by molar-refractivity contribution is 7.80. The number of hydrogen-bond donors (Lipinski definition) is 2. The second-order valence-corrected chi connectivity index (χ2v) is 3.64. The molecule has 0 heterocycles. The van der Waals surface area contributed by atoms with Crippen LogP contribution in [0.2, 0.25) is 0 Å². The van der Waals surface area contributed by atoms with E-state index in [9.17, 15) is 0 Å². The molecular weight excluding hydrogens is 241 g/mol. The largest absolute Gasteiger partial charge is 0.358 e. The third-order valence-corrected chi connectivity index (χ3v) is 1.95. The van der Waals surface area contributed by atoms with Crippen LogP contribution in [0, 0.1) is 0 Å². The average Bonchev–Trinajstić information content (AvgIpc) is 2.15. The number of thiocarbonyl (C=S) groups is 1. The van der Waals surface area contributed by atoms with E-state index in [1.807, 2.05) is 5.01 Å². The number of nitrogens with one attached hydrogen (secondary N) is 2. The zero-order valence-electron chi connectivity index (χ0n) is 7.93. The first-order valence-electron chi connectivity index (χ1n) is 4.26. The van der Waals surface area contributed by atoms with Crippen molar-refractivity contribution in [2.45, 2.75) is 0 Å². The van der Waals surface area contributed by atoms with Crippen LogP contribution >= 0.6 is 35.4 Å². The highest BCUT2D eigenvalue weighted by Crippen LogP contribution is 1.87. The molecule has 0 aliphatic heterocycles. The molecule has 0 saturated heterocycles. The summed E-state index contributed by atoms with van der Waals surface area (Å²) in [6, 6.07) is 0. The molecule has 0 aliphatic carbocycles. The van der Waals surface area contributed by atoms with Crippen molar-refractivity contribution in [2.75, 3.05) is 31.4 Å². The molecule has 0 rings (SSSR count). The van der Waals surface area contributed by atoms with Gasteiger partial charge in [0.1, 0.15) is 0 Å². The van der Waals surface area contributed by atoms with Crippen molar-refractivity contribution in [3.8, 4) is 0 Å². The van der Waals surface area contributed by atoms with Crippen LogP contribution in [0.1, 0.15) is 0 Å². The molecule has 3 nitrogen and oxygen atoms in total. The summed E-state index contributed by atoms with van der Waals surface area (Å²) in [4.78, 5) is 0. The van der Waals surface area contributed by atoms with Crippen LogP contribution in [-0.4, -0.2) is 41.5 Å². The Hall–Kier alpha value is -0.0300. The van der Waals surface area contributed by atoms with Gasteiger partial charge in [-0.15, -0.1) is 29.8 Å². The van der Waals surface area contributed by atoms with Crippen LogP contribution in [0.4, 0.5) is 0 Å². The minimum atomic E-state index is 0.536. The minimum Gasteiger partial charge on any atom is -0.358 e. The van der Waals surface area contributed by atoms with Crippen molar-refractivity contribution in [1.29, 1.82) is 0 Å². The van der Waals surface area contributed by atoms with Gasteiger partial charge in [0.05, 0.1) is 0 Å². The average molecular weight is 256 g/mol. The van der Waals surface area contributed by atoms with Gasteiger partial charge in [-0.3, -0.25) is 5.43 Å². The fourth-order valence-corrected chi connectivity index (χ4v) is 1.40. The smallest absolute Gasteiger partial charge is 0.181 e. The number of rotatable bonds is 7. The van der Waals surface area contributed by atoms with Gasteiger partial charge in [-0.25, -0.2) is 5.01 Å². The standard InChI is InChI=1S/C8H15Cl2N3S/c1-2-5-11-8(14)12-13(6-3-9)7-4-10/h2H,1,3-7H2,(H2,11,12,14). The van der Waals surface area contributed by atoms with Crippen LogP contribution < -0.4 is 10.7 Å². The molecule has 0 aromatic heterocycles. The van der Waals surface area contributed by atoms with E-state index >= 15 is 0 Å². The first-order valence-corrected chi connectivity index (χ1v) is 5.74. The van der Waals surface area contributed by atoms with E-state index in [4.69, 9.17) is 35.4 Å². The monoisotopic (exact) mass is 255 g/mol. The van der Waals surface area contributed by atoms with E-state index < -0.39 is 0 Å². The molecule has 82 valence electrons. The summed E-state index contributed by atoms with van der Waals surface area (Å²) in [5, 5.41) is 5.38. The zero-order valence-corrected chi connectivity index (χ0v) is 10.3. The second kappa shape index (κ2) is 9.52. The fraction of sp³-hybridized carbons (Fsp3) is 0.625. The van der Waals surface area contributed by atoms with Gasteiger partial charge < -0.3 is 5.32 Å². The van der Waals surface area contributed by atoms with E-state index in [0.717, 1.165) is 0 Å². The molecular formula is C8H15Cl2N3S. The summed E-state index contributed by atoms with van der Waals surface area (Å²) in [5.74, 6) is 1.07. The Labute approximate surface area is 100 Å². The summed E-state index contributed by atoms with van der Waals surface area (Å²) in [6.07, 6.45) is 1.74. The first-order chi connectivity index (χ1) is 6.74. The lowest BCUT2D eigenvalue weighted by Crippen LogP contribution is -2.48. The molecule has 0 unspecified atom stereocenters. The number of nitrogens with zero attached hydrogens (tertiary/aromatic N) is 1. The molecule has 0 radical (unpaired) electrons. The van der Waals surface area contributed by atoms with Gasteiger partial charge in [-0.2, -0.15) is 0 Å². The molecule has 0 amide bonds. The van der Waals surface area contributed by atoms with Gasteiger partial charge in [0, 0.05) is 31.4 Å². The Bertz CT molecular complexity index is 172. The number of hydrogen-bond acceptors (Lipinski definition) is 2. The lowest BCUT2D eigenvalue weighted by Gasteiger charge is -2.22. The topological polar surface area (TPSA) is 27.3 Å². The van der Waals surface area contributed by atoms with Crippen molar-refractivity contribution < 1.29 is 0 Å². The Morgan fingerprint density at radius 3 is 2.36 bits per heavy atom. The number of halogens is 2.